The van der Waals surface area contributed by atoms with Crippen LogP contribution < -0.4 is 10.5 Å². The van der Waals surface area contributed by atoms with Crippen LogP contribution >= 0.6 is 0 Å². The summed E-state index contributed by atoms with van der Waals surface area (Å²) >= 11 is 0. The third-order valence-electron chi connectivity index (χ3n) is 2.89. The minimum absolute atomic E-state index is 0.0160. The van der Waals surface area contributed by atoms with Crippen LogP contribution in [-0.4, -0.2) is 20.0 Å². The van der Waals surface area contributed by atoms with Crippen LogP contribution in [0.4, 0.5) is 0 Å². The van der Waals surface area contributed by atoms with E-state index < -0.39 is 10.0 Å². The molecule has 0 aromatic heterocycles. The summed E-state index contributed by atoms with van der Waals surface area (Å²) < 4.78 is 26.0. The van der Waals surface area contributed by atoms with Gasteiger partial charge in [-0.05, 0) is 30.4 Å². The smallest absolute Gasteiger partial charge is 0.212 e. The summed E-state index contributed by atoms with van der Waals surface area (Å²) in [4.78, 5) is 0. The van der Waals surface area contributed by atoms with Crippen LogP contribution in [0, 0.1) is 11.3 Å². The highest BCUT2D eigenvalue weighted by Crippen LogP contribution is 2.29. The fraction of sp³-hybridized carbons (Fsp3) is 0.417. The fourth-order valence-electron chi connectivity index (χ4n) is 1.70. The number of sulfonamides is 1. The molecule has 1 saturated carbocycles. The molecule has 4 N–H and O–H groups in total. The molecular formula is C12H17N3O2S. The average Bonchev–Trinajstić information content (AvgIpc) is 3.10. The lowest BCUT2D eigenvalue weighted by Gasteiger charge is -2.07. The number of amidine groups is 1. The Morgan fingerprint density at radius 1 is 1.44 bits per heavy atom. The van der Waals surface area contributed by atoms with Crippen molar-refractivity contribution in [2.45, 2.75) is 19.4 Å². The minimum atomic E-state index is -3.18. The monoisotopic (exact) mass is 267 g/mol. The van der Waals surface area contributed by atoms with Crippen molar-refractivity contribution in [3.8, 4) is 0 Å². The lowest BCUT2D eigenvalue weighted by atomic mass is 10.1. The number of rotatable bonds is 6. The molecule has 0 unspecified atom stereocenters. The molecule has 0 aliphatic heterocycles. The first-order valence-electron chi connectivity index (χ1n) is 5.87. The van der Waals surface area contributed by atoms with Crippen molar-refractivity contribution in [2.24, 2.45) is 11.7 Å². The lowest BCUT2D eigenvalue weighted by molar-refractivity contribution is 0.577. The van der Waals surface area contributed by atoms with E-state index in [1.165, 1.54) is 0 Å². The molecule has 1 aromatic rings. The summed E-state index contributed by atoms with van der Waals surface area (Å²) in [5.74, 6) is 0.545. The number of nitrogens with one attached hydrogen (secondary N) is 2. The van der Waals surface area contributed by atoms with Crippen molar-refractivity contribution >= 4 is 15.9 Å². The second-order valence-corrected chi connectivity index (χ2v) is 6.51. The summed E-state index contributed by atoms with van der Waals surface area (Å²) in [5, 5.41) is 7.33. The van der Waals surface area contributed by atoms with Crippen LogP contribution in [0.5, 0.6) is 0 Å². The second-order valence-electron chi connectivity index (χ2n) is 4.66. The quantitative estimate of drug-likeness (QED) is 0.525. The summed E-state index contributed by atoms with van der Waals surface area (Å²) in [5.41, 5.74) is 6.80. The molecule has 18 heavy (non-hydrogen) atoms. The van der Waals surface area contributed by atoms with Crippen molar-refractivity contribution in [3.63, 3.8) is 0 Å². The number of benzene rings is 1. The van der Waals surface area contributed by atoms with E-state index in [2.05, 4.69) is 4.72 Å². The summed E-state index contributed by atoms with van der Waals surface area (Å²) in [6, 6.07) is 7.03. The topological polar surface area (TPSA) is 96.0 Å². The van der Waals surface area contributed by atoms with Gasteiger partial charge in [0.15, 0.2) is 0 Å². The normalized spacial score (nSPS) is 15.6. The van der Waals surface area contributed by atoms with Crippen LogP contribution in [0.1, 0.15) is 24.0 Å². The second kappa shape index (κ2) is 5.07. The molecule has 0 bridgehead atoms. The number of nitrogens with two attached hydrogens (primary N) is 1. The first kappa shape index (κ1) is 13.0. The molecule has 98 valence electrons. The molecule has 0 radical (unpaired) electrons. The van der Waals surface area contributed by atoms with Crippen LogP contribution in [-0.2, 0) is 16.6 Å². The Labute approximate surface area is 107 Å². The van der Waals surface area contributed by atoms with E-state index in [1.807, 2.05) is 6.07 Å². The zero-order valence-electron chi connectivity index (χ0n) is 10.0. The van der Waals surface area contributed by atoms with Crippen molar-refractivity contribution in [1.82, 2.24) is 4.72 Å². The average molecular weight is 267 g/mol. The summed E-state index contributed by atoms with van der Waals surface area (Å²) in [7, 11) is -3.18. The highest BCUT2D eigenvalue weighted by molar-refractivity contribution is 7.89. The minimum Gasteiger partial charge on any atom is -0.384 e. The third kappa shape index (κ3) is 3.82. The van der Waals surface area contributed by atoms with Crippen molar-refractivity contribution < 1.29 is 8.42 Å². The van der Waals surface area contributed by atoms with E-state index in [0.717, 1.165) is 18.4 Å². The maximum absolute atomic E-state index is 11.7. The van der Waals surface area contributed by atoms with E-state index in [0.29, 0.717) is 11.5 Å². The molecule has 6 heteroatoms. The molecule has 0 amide bonds. The van der Waals surface area contributed by atoms with E-state index in [4.69, 9.17) is 11.1 Å². The third-order valence-corrected chi connectivity index (χ3v) is 4.38. The molecule has 0 spiro atoms. The fourth-order valence-corrected chi connectivity index (χ4v) is 3.15. The molecule has 1 aliphatic rings. The number of hydrogen-bond acceptors (Lipinski definition) is 3. The molecule has 2 rings (SSSR count). The van der Waals surface area contributed by atoms with Gasteiger partial charge in [0.05, 0.1) is 5.75 Å². The standard InChI is InChI=1S/C12H17N3O2S/c13-12(14)11-3-1-2-10(6-11)7-15-18(16,17)8-9-4-5-9/h1-3,6,9,15H,4-5,7-8H2,(H3,13,14). The number of hydrogen-bond donors (Lipinski definition) is 3. The van der Waals surface area contributed by atoms with Crippen molar-refractivity contribution in [2.75, 3.05) is 5.75 Å². The van der Waals surface area contributed by atoms with Gasteiger partial charge >= 0.3 is 0 Å². The predicted molar refractivity (Wildman–Crippen MR) is 70.8 cm³/mol. The van der Waals surface area contributed by atoms with Gasteiger partial charge in [-0.1, -0.05) is 18.2 Å². The Bertz CT molecular complexity index is 550. The Kier molecular flexibility index (Phi) is 3.68. The van der Waals surface area contributed by atoms with Gasteiger partial charge in [0.25, 0.3) is 0 Å². The van der Waals surface area contributed by atoms with Crippen molar-refractivity contribution in [3.05, 3.63) is 35.4 Å². The molecular weight excluding hydrogens is 250 g/mol. The van der Waals surface area contributed by atoms with Gasteiger partial charge in [-0.2, -0.15) is 0 Å². The van der Waals surface area contributed by atoms with Gasteiger partial charge in [-0.25, -0.2) is 13.1 Å². The van der Waals surface area contributed by atoms with Gasteiger partial charge in [-0.15, -0.1) is 0 Å². The maximum atomic E-state index is 11.7. The zero-order valence-corrected chi connectivity index (χ0v) is 10.8. The Hall–Kier alpha value is -1.40. The Balaban J connectivity index is 1.96. The highest BCUT2D eigenvalue weighted by Gasteiger charge is 2.27. The Morgan fingerprint density at radius 2 is 2.17 bits per heavy atom. The first-order chi connectivity index (χ1) is 8.46. The van der Waals surface area contributed by atoms with Gasteiger partial charge < -0.3 is 5.73 Å². The van der Waals surface area contributed by atoms with Crippen LogP contribution in [0.15, 0.2) is 24.3 Å². The largest absolute Gasteiger partial charge is 0.384 e. The number of nitrogen functional groups attached to an aromatic ring is 1. The molecule has 1 fully saturated rings. The molecule has 1 aliphatic carbocycles. The molecule has 1 aromatic carbocycles. The van der Waals surface area contributed by atoms with Gasteiger partial charge in [-0.3, -0.25) is 5.41 Å². The van der Waals surface area contributed by atoms with E-state index in [1.54, 1.807) is 18.2 Å². The maximum Gasteiger partial charge on any atom is 0.212 e. The van der Waals surface area contributed by atoms with Gasteiger partial charge in [0, 0.05) is 12.1 Å². The van der Waals surface area contributed by atoms with Crippen LogP contribution in [0.25, 0.3) is 0 Å². The van der Waals surface area contributed by atoms with E-state index in [9.17, 15) is 8.42 Å². The molecule has 0 saturated heterocycles. The predicted octanol–water partition coefficient (Wildman–Crippen LogP) is 0.800. The molecule has 0 heterocycles. The molecule has 0 atom stereocenters. The molecule has 5 nitrogen and oxygen atoms in total. The van der Waals surface area contributed by atoms with E-state index in [-0.39, 0.29) is 18.1 Å². The highest BCUT2D eigenvalue weighted by atomic mass is 32.2. The van der Waals surface area contributed by atoms with Gasteiger partial charge in [0.1, 0.15) is 5.84 Å². The zero-order chi connectivity index (χ0) is 13.2. The van der Waals surface area contributed by atoms with Crippen molar-refractivity contribution in [1.29, 1.82) is 5.41 Å². The summed E-state index contributed by atoms with van der Waals surface area (Å²) in [6.07, 6.45) is 2.03. The first-order valence-corrected chi connectivity index (χ1v) is 7.52. The van der Waals surface area contributed by atoms with Crippen LogP contribution in [0.2, 0.25) is 0 Å². The SMILES string of the molecule is N=C(N)c1cccc(CNS(=O)(=O)CC2CC2)c1. The summed E-state index contributed by atoms with van der Waals surface area (Å²) in [6.45, 7) is 0.246. The van der Waals surface area contributed by atoms with Crippen LogP contribution in [0.3, 0.4) is 0 Å². The Morgan fingerprint density at radius 3 is 2.78 bits per heavy atom. The van der Waals surface area contributed by atoms with E-state index >= 15 is 0 Å². The lowest BCUT2D eigenvalue weighted by Crippen LogP contribution is -2.26. The van der Waals surface area contributed by atoms with Gasteiger partial charge in [0.2, 0.25) is 10.0 Å².